The summed E-state index contributed by atoms with van der Waals surface area (Å²) < 4.78 is 0.857. The summed E-state index contributed by atoms with van der Waals surface area (Å²) in [7, 11) is 0. The SMILES string of the molecule is C=C(Cl)/C=C\c1ncc([N+](=O)[O-])n1N. The molecule has 0 saturated carbocycles. The maximum absolute atomic E-state index is 10.4. The van der Waals surface area contributed by atoms with E-state index in [2.05, 4.69) is 11.6 Å². The van der Waals surface area contributed by atoms with Crippen LogP contribution in [0, 0.1) is 10.1 Å². The Balaban J connectivity index is 3.01. The molecule has 7 heteroatoms. The number of imidazole rings is 1. The van der Waals surface area contributed by atoms with Crippen LogP contribution in [0.2, 0.25) is 0 Å². The van der Waals surface area contributed by atoms with E-state index in [0.29, 0.717) is 0 Å². The molecule has 0 aromatic carbocycles. The minimum absolute atomic E-state index is 0.235. The van der Waals surface area contributed by atoms with Gasteiger partial charge in [-0.25, -0.2) is 4.98 Å². The van der Waals surface area contributed by atoms with Crippen molar-refractivity contribution in [3.63, 3.8) is 0 Å². The molecular weight excluding hydrogens is 208 g/mol. The molecule has 1 rings (SSSR count). The number of halogens is 1. The van der Waals surface area contributed by atoms with Crippen LogP contribution in [0.15, 0.2) is 23.9 Å². The van der Waals surface area contributed by atoms with Gasteiger partial charge in [0.2, 0.25) is 5.82 Å². The van der Waals surface area contributed by atoms with Crippen molar-refractivity contribution in [2.75, 3.05) is 5.84 Å². The number of nitro groups is 1. The zero-order valence-corrected chi connectivity index (χ0v) is 7.81. The van der Waals surface area contributed by atoms with E-state index in [1.54, 1.807) is 0 Å². The van der Waals surface area contributed by atoms with Crippen molar-refractivity contribution in [1.82, 2.24) is 9.66 Å². The summed E-state index contributed by atoms with van der Waals surface area (Å²) in [6.45, 7) is 3.41. The topological polar surface area (TPSA) is 87.0 Å². The number of rotatable bonds is 3. The molecule has 0 aliphatic rings. The van der Waals surface area contributed by atoms with Gasteiger partial charge in [-0.05, 0) is 11.0 Å². The summed E-state index contributed by atoms with van der Waals surface area (Å²) in [5.74, 6) is 5.33. The number of allylic oxidation sites excluding steroid dienone is 2. The fourth-order valence-electron chi connectivity index (χ4n) is 0.789. The maximum Gasteiger partial charge on any atom is 0.366 e. The predicted molar refractivity (Wildman–Crippen MR) is 53.1 cm³/mol. The smallest absolute Gasteiger partial charge is 0.358 e. The molecular formula is C7H7ClN4O2. The lowest BCUT2D eigenvalue weighted by atomic mass is 10.4. The van der Waals surface area contributed by atoms with Gasteiger partial charge in [0.05, 0.1) is 0 Å². The first kappa shape index (κ1) is 10.3. The normalized spacial score (nSPS) is 10.6. The molecule has 0 fully saturated rings. The number of hydrogen-bond donors (Lipinski definition) is 1. The largest absolute Gasteiger partial charge is 0.366 e. The average molecular weight is 215 g/mol. The summed E-state index contributed by atoms with van der Waals surface area (Å²) in [5, 5.41) is 10.7. The molecule has 0 aliphatic heterocycles. The molecule has 0 saturated heterocycles. The Kier molecular flexibility index (Phi) is 2.88. The molecule has 6 nitrogen and oxygen atoms in total. The van der Waals surface area contributed by atoms with Crippen molar-refractivity contribution in [3.8, 4) is 0 Å². The van der Waals surface area contributed by atoms with Gasteiger partial charge in [-0.15, -0.1) is 4.68 Å². The molecule has 14 heavy (non-hydrogen) atoms. The van der Waals surface area contributed by atoms with Gasteiger partial charge in [0.15, 0.2) is 0 Å². The van der Waals surface area contributed by atoms with Crippen LogP contribution in [0.4, 0.5) is 5.82 Å². The highest BCUT2D eigenvalue weighted by Crippen LogP contribution is 2.12. The van der Waals surface area contributed by atoms with Gasteiger partial charge in [0, 0.05) is 11.1 Å². The lowest BCUT2D eigenvalue weighted by Gasteiger charge is -1.92. The number of hydrogen-bond acceptors (Lipinski definition) is 4. The average Bonchev–Trinajstić information content (AvgIpc) is 2.43. The Hall–Kier alpha value is -1.82. The van der Waals surface area contributed by atoms with E-state index in [9.17, 15) is 10.1 Å². The van der Waals surface area contributed by atoms with Crippen LogP contribution in [0.5, 0.6) is 0 Å². The van der Waals surface area contributed by atoms with E-state index < -0.39 is 4.92 Å². The van der Waals surface area contributed by atoms with Gasteiger partial charge in [-0.1, -0.05) is 18.2 Å². The molecule has 1 aromatic heterocycles. The van der Waals surface area contributed by atoms with E-state index in [1.807, 2.05) is 0 Å². The van der Waals surface area contributed by atoms with Crippen molar-refractivity contribution in [2.45, 2.75) is 0 Å². The van der Waals surface area contributed by atoms with Gasteiger partial charge in [-0.2, -0.15) is 0 Å². The molecule has 0 amide bonds. The third-order valence-corrected chi connectivity index (χ3v) is 1.53. The minimum atomic E-state index is -0.625. The minimum Gasteiger partial charge on any atom is -0.358 e. The number of nitrogens with zero attached hydrogens (tertiary/aromatic N) is 3. The third kappa shape index (κ3) is 2.11. The van der Waals surface area contributed by atoms with Crippen LogP contribution in [-0.4, -0.2) is 14.6 Å². The summed E-state index contributed by atoms with van der Waals surface area (Å²) in [4.78, 5) is 13.5. The van der Waals surface area contributed by atoms with E-state index in [0.717, 1.165) is 10.9 Å². The van der Waals surface area contributed by atoms with Gasteiger partial charge >= 0.3 is 5.82 Å². The molecule has 0 radical (unpaired) electrons. The van der Waals surface area contributed by atoms with Crippen molar-refractivity contribution < 1.29 is 4.92 Å². The lowest BCUT2D eigenvalue weighted by molar-refractivity contribution is -0.391. The molecule has 74 valence electrons. The fraction of sp³-hybridized carbons (Fsp3) is 0. The number of aromatic nitrogens is 2. The Morgan fingerprint density at radius 2 is 2.50 bits per heavy atom. The Labute approximate surface area is 84.4 Å². The highest BCUT2D eigenvalue weighted by Gasteiger charge is 2.15. The van der Waals surface area contributed by atoms with Crippen molar-refractivity contribution in [3.05, 3.63) is 39.8 Å². The van der Waals surface area contributed by atoms with Crippen LogP contribution >= 0.6 is 11.6 Å². The highest BCUT2D eigenvalue weighted by molar-refractivity contribution is 6.31. The first-order valence-electron chi connectivity index (χ1n) is 3.52. The molecule has 0 atom stereocenters. The Morgan fingerprint density at radius 3 is 2.93 bits per heavy atom. The predicted octanol–water partition coefficient (Wildman–Crippen LogP) is 1.27. The summed E-state index contributed by atoms with van der Waals surface area (Å²) >= 11 is 5.46. The first-order chi connectivity index (χ1) is 6.52. The van der Waals surface area contributed by atoms with Gasteiger partial charge in [0.1, 0.15) is 6.20 Å². The van der Waals surface area contributed by atoms with E-state index in [4.69, 9.17) is 17.4 Å². The molecule has 0 unspecified atom stereocenters. The zero-order valence-electron chi connectivity index (χ0n) is 7.05. The van der Waals surface area contributed by atoms with Crippen LogP contribution in [0.25, 0.3) is 6.08 Å². The number of nitrogen functional groups attached to an aromatic ring is 1. The summed E-state index contributed by atoms with van der Waals surface area (Å²) in [6, 6.07) is 0. The molecule has 0 bridgehead atoms. The van der Waals surface area contributed by atoms with Crippen molar-refractivity contribution in [2.24, 2.45) is 0 Å². The van der Waals surface area contributed by atoms with Crippen molar-refractivity contribution in [1.29, 1.82) is 0 Å². The van der Waals surface area contributed by atoms with Gasteiger partial charge in [-0.3, -0.25) is 5.84 Å². The van der Waals surface area contributed by atoms with Crippen LogP contribution < -0.4 is 5.84 Å². The lowest BCUT2D eigenvalue weighted by Crippen LogP contribution is -2.13. The van der Waals surface area contributed by atoms with E-state index in [1.165, 1.54) is 12.2 Å². The van der Waals surface area contributed by atoms with Crippen molar-refractivity contribution >= 4 is 23.5 Å². The van der Waals surface area contributed by atoms with E-state index in [-0.39, 0.29) is 16.7 Å². The first-order valence-corrected chi connectivity index (χ1v) is 3.90. The standard InChI is InChI=1S/C7H7ClN4O2/c1-5(8)2-3-6-10-4-7(11(6)9)12(13)14/h2-4H,1,9H2/b3-2-. The summed E-state index contributed by atoms with van der Waals surface area (Å²) in [5.41, 5.74) is 0. The van der Waals surface area contributed by atoms with E-state index >= 15 is 0 Å². The highest BCUT2D eigenvalue weighted by atomic mass is 35.5. The second-order valence-electron chi connectivity index (χ2n) is 2.38. The summed E-state index contributed by atoms with van der Waals surface area (Å²) in [6.07, 6.45) is 3.94. The van der Waals surface area contributed by atoms with Gasteiger partial charge in [0.25, 0.3) is 0 Å². The molecule has 0 spiro atoms. The molecule has 1 aromatic rings. The van der Waals surface area contributed by atoms with Crippen LogP contribution in [-0.2, 0) is 0 Å². The second-order valence-corrected chi connectivity index (χ2v) is 2.87. The van der Waals surface area contributed by atoms with Crippen LogP contribution in [0.1, 0.15) is 5.82 Å². The van der Waals surface area contributed by atoms with Crippen LogP contribution in [0.3, 0.4) is 0 Å². The monoisotopic (exact) mass is 214 g/mol. The molecule has 1 heterocycles. The number of nitrogens with two attached hydrogens (primary N) is 1. The third-order valence-electron chi connectivity index (χ3n) is 1.41. The van der Waals surface area contributed by atoms with Gasteiger partial charge < -0.3 is 10.1 Å². The molecule has 2 N–H and O–H groups in total. The maximum atomic E-state index is 10.4. The fourth-order valence-corrected chi connectivity index (χ4v) is 0.852. The Bertz CT molecular complexity index is 410. The Morgan fingerprint density at radius 1 is 1.86 bits per heavy atom. The quantitative estimate of drug-likeness (QED) is 0.355. The second kappa shape index (κ2) is 3.93. The zero-order chi connectivity index (χ0) is 10.7. The molecule has 0 aliphatic carbocycles.